The standard InChI is InChI=1S/C21H12F6N2/c22-20(23,24)16-5-1-3-14(11-16)18-9-13(7-8-28)10-19(29-18)15-4-2-6-17(12-15)21(25,26)27/h1-6,9-12H,7H2. The first kappa shape index (κ1) is 20.4. The quantitative estimate of drug-likeness (QED) is 0.465. The van der Waals surface area contributed by atoms with Crippen LogP contribution in [0.1, 0.15) is 16.7 Å². The highest BCUT2D eigenvalue weighted by Crippen LogP contribution is 2.34. The molecule has 0 atom stereocenters. The Kier molecular flexibility index (Phi) is 5.33. The Balaban J connectivity index is 2.15. The lowest BCUT2D eigenvalue weighted by molar-refractivity contribution is -0.138. The Morgan fingerprint density at radius 1 is 0.724 bits per heavy atom. The third-order valence-corrected chi connectivity index (χ3v) is 4.14. The van der Waals surface area contributed by atoms with Crippen LogP contribution >= 0.6 is 0 Å². The van der Waals surface area contributed by atoms with Crippen LogP contribution in [0.25, 0.3) is 22.5 Å². The van der Waals surface area contributed by atoms with E-state index in [0.29, 0.717) is 5.56 Å². The van der Waals surface area contributed by atoms with E-state index in [1.807, 2.05) is 6.07 Å². The fourth-order valence-corrected chi connectivity index (χ4v) is 2.79. The largest absolute Gasteiger partial charge is 0.416 e. The van der Waals surface area contributed by atoms with Crippen LogP contribution in [-0.2, 0) is 18.8 Å². The van der Waals surface area contributed by atoms with Crippen LogP contribution in [0.2, 0.25) is 0 Å². The van der Waals surface area contributed by atoms with Gasteiger partial charge in [0.25, 0.3) is 0 Å². The summed E-state index contributed by atoms with van der Waals surface area (Å²) < 4.78 is 78.1. The molecule has 2 aromatic carbocycles. The van der Waals surface area contributed by atoms with Crippen molar-refractivity contribution < 1.29 is 26.3 Å². The van der Waals surface area contributed by atoms with Crippen LogP contribution in [0.5, 0.6) is 0 Å². The number of aromatic nitrogens is 1. The number of benzene rings is 2. The SMILES string of the molecule is N#CCc1cc(-c2cccc(C(F)(F)F)c2)nc(-c2cccc(C(F)(F)F)c2)c1. The van der Waals surface area contributed by atoms with Gasteiger partial charge in [-0.3, -0.25) is 0 Å². The number of alkyl halides is 6. The number of hydrogen-bond acceptors (Lipinski definition) is 2. The van der Waals surface area contributed by atoms with Gasteiger partial charge in [0.2, 0.25) is 0 Å². The fraction of sp³-hybridized carbons (Fsp3) is 0.143. The first-order valence-corrected chi connectivity index (χ1v) is 8.31. The maximum absolute atomic E-state index is 13.0. The van der Waals surface area contributed by atoms with Crippen molar-refractivity contribution in [2.45, 2.75) is 18.8 Å². The predicted octanol–water partition coefficient (Wildman–Crippen LogP) is 6.52. The van der Waals surface area contributed by atoms with Gasteiger partial charge in [0.05, 0.1) is 35.0 Å². The highest BCUT2D eigenvalue weighted by Gasteiger charge is 2.31. The Labute approximate surface area is 162 Å². The minimum atomic E-state index is -4.55. The molecule has 0 saturated carbocycles. The number of nitrogens with zero attached hydrogens (tertiary/aromatic N) is 2. The number of nitriles is 1. The maximum Gasteiger partial charge on any atom is 0.416 e. The summed E-state index contributed by atoms with van der Waals surface area (Å²) in [6, 6.07) is 13.8. The van der Waals surface area contributed by atoms with Crippen LogP contribution in [0.3, 0.4) is 0 Å². The van der Waals surface area contributed by atoms with Crippen LogP contribution in [0, 0.1) is 11.3 Å². The molecule has 0 saturated heterocycles. The van der Waals surface area contributed by atoms with Crippen molar-refractivity contribution >= 4 is 0 Å². The molecule has 0 aliphatic carbocycles. The van der Waals surface area contributed by atoms with Crippen molar-refractivity contribution in [1.29, 1.82) is 5.26 Å². The summed E-state index contributed by atoms with van der Waals surface area (Å²) in [7, 11) is 0. The van der Waals surface area contributed by atoms with Crippen molar-refractivity contribution in [2.24, 2.45) is 0 Å². The monoisotopic (exact) mass is 406 g/mol. The average molecular weight is 406 g/mol. The molecule has 0 radical (unpaired) electrons. The normalized spacial score (nSPS) is 11.9. The van der Waals surface area contributed by atoms with Gasteiger partial charge in [0.15, 0.2) is 0 Å². The van der Waals surface area contributed by atoms with Gasteiger partial charge in [-0.2, -0.15) is 31.6 Å². The Morgan fingerprint density at radius 2 is 1.17 bits per heavy atom. The zero-order valence-electron chi connectivity index (χ0n) is 14.6. The second-order valence-corrected chi connectivity index (χ2v) is 6.24. The van der Waals surface area contributed by atoms with Gasteiger partial charge in [0.1, 0.15) is 0 Å². The van der Waals surface area contributed by atoms with E-state index in [0.717, 1.165) is 24.3 Å². The smallest absolute Gasteiger partial charge is 0.248 e. The molecule has 0 amide bonds. The van der Waals surface area contributed by atoms with Gasteiger partial charge in [0, 0.05) is 11.1 Å². The van der Waals surface area contributed by atoms with E-state index in [2.05, 4.69) is 4.98 Å². The summed E-state index contributed by atoms with van der Waals surface area (Å²) in [5, 5.41) is 8.98. The first-order valence-electron chi connectivity index (χ1n) is 8.31. The van der Waals surface area contributed by atoms with Gasteiger partial charge >= 0.3 is 12.4 Å². The minimum Gasteiger partial charge on any atom is -0.248 e. The highest BCUT2D eigenvalue weighted by molar-refractivity contribution is 5.68. The average Bonchev–Trinajstić information content (AvgIpc) is 2.67. The summed E-state index contributed by atoms with van der Waals surface area (Å²) >= 11 is 0. The van der Waals surface area contributed by atoms with Gasteiger partial charge in [-0.05, 0) is 42.0 Å². The zero-order chi connectivity index (χ0) is 21.2. The number of halogens is 6. The van der Waals surface area contributed by atoms with Crippen LogP contribution in [0.15, 0.2) is 60.7 Å². The lowest BCUT2D eigenvalue weighted by Gasteiger charge is -2.12. The van der Waals surface area contributed by atoms with Gasteiger partial charge < -0.3 is 0 Å². The van der Waals surface area contributed by atoms with E-state index in [9.17, 15) is 26.3 Å². The van der Waals surface area contributed by atoms with Gasteiger partial charge in [-0.1, -0.05) is 24.3 Å². The van der Waals surface area contributed by atoms with Crippen molar-refractivity contribution in [1.82, 2.24) is 4.98 Å². The lowest BCUT2D eigenvalue weighted by atomic mass is 10.0. The predicted molar refractivity (Wildman–Crippen MR) is 94.4 cm³/mol. The third-order valence-electron chi connectivity index (χ3n) is 4.14. The highest BCUT2D eigenvalue weighted by atomic mass is 19.4. The van der Waals surface area contributed by atoms with Crippen molar-refractivity contribution in [3.8, 4) is 28.6 Å². The van der Waals surface area contributed by atoms with E-state index in [1.165, 1.54) is 36.4 Å². The second-order valence-electron chi connectivity index (χ2n) is 6.24. The molecule has 0 bridgehead atoms. The van der Waals surface area contributed by atoms with Crippen molar-refractivity contribution in [2.75, 3.05) is 0 Å². The molecule has 1 heterocycles. The molecule has 3 aromatic rings. The van der Waals surface area contributed by atoms with Crippen LogP contribution in [0.4, 0.5) is 26.3 Å². The lowest BCUT2D eigenvalue weighted by Crippen LogP contribution is -2.05. The Bertz CT molecular complexity index is 1000. The molecule has 1 aromatic heterocycles. The van der Waals surface area contributed by atoms with E-state index in [1.54, 1.807) is 0 Å². The summed E-state index contributed by atoms with van der Waals surface area (Å²) in [6.07, 6.45) is -9.17. The molecule has 3 rings (SSSR count). The summed E-state index contributed by atoms with van der Waals surface area (Å²) in [6.45, 7) is 0. The summed E-state index contributed by atoms with van der Waals surface area (Å²) in [5.74, 6) is 0. The molecule has 0 aliphatic rings. The maximum atomic E-state index is 13.0. The molecular formula is C21H12F6N2. The topological polar surface area (TPSA) is 36.7 Å². The summed E-state index contributed by atoms with van der Waals surface area (Å²) in [4.78, 5) is 4.26. The minimum absolute atomic E-state index is 0.0690. The zero-order valence-corrected chi connectivity index (χ0v) is 14.6. The molecule has 8 heteroatoms. The molecule has 29 heavy (non-hydrogen) atoms. The molecule has 2 nitrogen and oxygen atoms in total. The van der Waals surface area contributed by atoms with E-state index in [-0.39, 0.29) is 28.9 Å². The Hall–Kier alpha value is -3.34. The molecule has 0 aliphatic heterocycles. The number of pyridine rings is 1. The van der Waals surface area contributed by atoms with Gasteiger partial charge in [-0.25, -0.2) is 4.98 Å². The second kappa shape index (κ2) is 7.59. The van der Waals surface area contributed by atoms with Gasteiger partial charge in [-0.15, -0.1) is 0 Å². The van der Waals surface area contributed by atoms with E-state index >= 15 is 0 Å². The number of rotatable bonds is 3. The summed E-state index contributed by atoms with van der Waals surface area (Å²) in [5.41, 5.74) is -0.748. The van der Waals surface area contributed by atoms with Crippen molar-refractivity contribution in [3.63, 3.8) is 0 Å². The van der Waals surface area contributed by atoms with E-state index in [4.69, 9.17) is 5.26 Å². The number of hydrogen-bond donors (Lipinski definition) is 0. The third kappa shape index (κ3) is 4.74. The molecule has 0 N–H and O–H groups in total. The van der Waals surface area contributed by atoms with E-state index < -0.39 is 23.5 Å². The molecule has 148 valence electrons. The first-order chi connectivity index (χ1) is 13.6. The Morgan fingerprint density at radius 3 is 1.55 bits per heavy atom. The molecule has 0 unspecified atom stereocenters. The molecule has 0 spiro atoms. The van der Waals surface area contributed by atoms with Crippen molar-refractivity contribution in [3.05, 3.63) is 77.4 Å². The molecular weight excluding hydrogens is 394 g/mol. The van der Waals surface area contributed by atoms with Crippen LogP contribution < -0.4 is 0 Å². The fourth-order valence-electron chi connectivity index (χ4n) is 2.79. The van der Waals surface area contributed by atoms with Crippen LogP contribution in [-0.4, -0.2) is 4.98 Å². The molecule has 0 fully saturated rings.